The molecule has 0 aliphatic rings. The number of para-hydroxylation sites is 1. The third kappa shape index (κ3) is 3.83. The van der Waals surface area contributed by atoms with Crippen LogP contribution in [-0.2, 0) is 21.4 Å². The Morgan fingerprint density at radius 3 is 2.38 bits per heavy atom. The summed E-state index contributed by atoms with van der Waals surface area (Å²) in [6, 6.07) is 6.69. The molecule has 0 aliphatic heterocycles. The highest BCUT2D eigenvalue weighted by Gasteiger charge is 2.27. The molecule has 0 saturated carbocycles. The summed E-state index contributed by atoms with van der Waals surface area (Å²) >= 11 is 0. The third-order valence-corrected chi connectivity index (χ3v) is 6.00. The van der Waals surface area contributed by atoms with E-state index in [1.54, 1.807) is 38.1 Å². The lowest BCUT2D eigenvalue weighted by Gasteiger charge is -2.12. The maximum absolute atomic E-state index is 12.4. The van der Waals surface area contributed by atoms with Crippen LogP contribution in [0.4, 0.5) is 5.69 Å². The van der Waals surface area contributed by atoms with Gasteiger partial charge in [-0.1, -0.05) is 12.1 Å². The third-order valence-electron chi connectivity index (χ3n) is 3.93. The van der Waals surface area contributed by atoms with Crippen LogP contribution in [-0.4, -0.2) is 48.3 Å². The summed E-state index contributed by atoms with van der Waals surface area (Å²) in [6.07, 6.45) is 0. The molecule has 26 heavy (non-hydrogen) atoms. The fraction of sp³-hybridized carbons (Fsp3) is 0.353. The van der Waals surface area contributed by atoms with Crippen molar-refractivity contribution in [3.8, 4) is 0 Å². The molecule has 8 nitrogen and oxygen atoms in total. The summed E-state index contributed by atoms with van der Waals surface area (Å²) in [6.45, 7) is 4.45. The summed E-state index contributed by atoms with van der Waals surface area (Å²) < 4.78 is 27.3. The molecule has 0 bridgehead atoms. The van der Waals surface area contributed by atoms with E-state index < -0.39 is 15.9 Å². The molecule has 0 saturated heterocycles. The number of carbonyl (C=O) groups is 2. The minimum Gasteiger partial charge on any atom is -0.324 e. The second-order valence-corrected chi connectivity index (χ2v) is 8.18. The van der Waals surface area contributed by atoms with Gasteiger partial charge < -0.3 is 5.32 Å². The Morgan fingerprint density at radius 2 is 1.81 bits per heavy atom. The van der Waals surface area contributed by atoms with Crippen LogP contribution in [0.25, 0.3) is 0 Å². The lowest BCUT2D eigenvalue weighted by atomic mass is 10.1. The Bertz CT molecular complexity index is 961. The molecule has 1 aromatic carbocycles. The number of aryl methyl sites for hydroxylation is 1. The van der Waals surface area contributed by atoms with E-state index in [9.17, 15) is 18.0 Å². The lowest BCUT2D eigenvalue weighted by Crippen LogP contribution is -2.24. The molecule has 0 aliphatic carbocycles. The first-order valence-electron chi connectivity index (χ1n) is 7.92. The first-order chi connectivity index (χ1) is 12.1. The summed E-state index contributed by atoms with van der Waals surface area (Å²) in [5, 5.41) is 6.86. The van der Waals surface area contributed by atoms with Gasteiger partial charge in [-0.05, 0) is 32.9 Å². The molecule has 9 heteroatoms. The Kier molecular flexibility index (Phi) is 5.62. The average molecular weight is 378 g/mol. The monoisotopic (exact) mass is 378 g/mol. The highest BCUT2D eigenvalue weighted by molar-refractivity contribution is 7.89. The molecule has 0 unspecified atom stereocenters. The highest BCUT2D eigenvalue weighted by Crippen LogP contribution is 2.22. The second-order valence-electron chi connectivity index (χ2n) is 6.09. The molecule has 140 valence electrons. The van der Waals surface area contributed by atoms with E-state index in [0.717, 1.165) is 4.31 Å². The minimum atomic E-state index is -3.66. The topological polar surface area (TPSA) is 101 Å². The molecule has 0 fully saturated rings. The fourth-order valence-electron chi connectivity index (χ4n) is 2.62. The Balaban J connectivity index is 2.28. The van der Waals surface area contributed by atoms with Crippen molar-refractivity contribution in [3.05, 3.63) is 41.2 Å². The van der Waals surface area contributed by atoms with Gasteiger partial charge >= 0.3 is 0 Å². The van der Waals surface area contributed by atoms with Gasteiger partial charge in [0.25, 0.3) is 0 Å². The number of sulfonamides is 1. The van der Waals surface area contributed by atoms with Crippen molar-refractivity contribution < 1.29 is 18.0 Å². The highest BCUT2D eigenvalue weighted by atomic mass is 32.2. The maximum atomic E-state index is 12.4. The first-order valence-corrected chi connectivity index (χ1v) is 9.36. The normalized spacial score (nSPS) is 11.6. The summed E-state index contributed by atoms with van der Waals surface area (Å²) in [4.78, 5) is 24.1. The van der Waals surface area contributed by atoms with Gasteiger partial charge in [0.1, 0.15) is 11.4 Å². The van der Waals surface area contributed by atoms with Gasteiger partial charge in [-0.25, -0.2) is 12.7 Å². The van der Waals surface area contributed by atoms with Gasteiger partial charge in [0.2, 0.25) is 15.9 Å². The number of anilines is 1. The van der Waals surface area contributed by atoms with E-state index in [1.165, 1.54) is 25.7 Å². The van der Waals surface area contributed by atoms with Crippen LogP contribution in [0, 0.1) is 13.8 Å². The molecule has 2 aromatic rings. The number of benzene rings is 1. The van der Waals surface area contributed by atoms with E-state index in [4.69, 9.17) is 0 Å². The van der Waals surface area contributed by atoms with Crippen molar-refractivity contribution in [1.29, 1.82) is 0 Å². The number of nitrogens with one attached hydrogen (secondary N) is 1. The van der Waals surface area contributed by atoms with Crippen molar-refractivity contribution in [2.45, 2.75) is 32.2 Å². The smallest absolute Gasteiger partial charge is 0.246 e. The van der Waals surface area contributed by atoms with Gasteiger partial charge in [-0.2, -0.15) is 5.10 Å². The number of hydrogen-bond donors (Lipinski definition) is 1. The summed E-state index contributed by atoms with van der Waals surface area (Å²) in [7, 11) is -0.774. The zero-order valence-corrected chi connectivity index (χ0v) is 16.2. The van der Waals surface area contributed by atoms with Crippen LogP contribution in [0.3, 0.4) is 0 Å². The Hall–Kier alpha value is -2.52. The minimum absolute atomic E-state index is 0.0967. The fourth-order valence-corrected chi connectivity index (χ4v) is 3.87. The number of amides is 1. The Labute approximate surface area is 152 Å². The molecule has 0 radical (unpaired) electrons. The van der Waals surface area contributed by atoms with Crippen molar-refractivity contribution in [2.24, 2.45) is 0 Å². The molecule has 1 N–H and O–H groups in total. The quantitative estimate of drug-likeness (QED) is 0.769. The van der Waals surface area contributed by atoms with Crippen molar-refractivity contribution in [2.75, 3.05) is 19.4 Å². The van der Waals surface area contributed by atoms with Crippen molar-refractivity contribution in [3.63, 3.8) is 0 Å². The molecule has 1 heterocycles. The first kappa shape index (κ1) is 19.8. The zero-order chi connectivity index (χ0) is 19.6. The van der Waals surface area contributed by atoms with Crippen LogP contribution in [0.5, 0.6) is 0 Å². The molecule has 1 amide bonds. The molecular formula is C17H22N4O4S. The largest absolute Gasteiger partial charge is 0.324 e. The average Bonchev–Trinajstić information content (AvgIpc) is 2.81. The van der Waals surface area contributed by atoms with Crippen LogP contribution < -0.4 is 5.32 Å². The molecule has 0 atom stereocenters. The number of carbonyl (C=O) groups excluding carboxylic acids is 2. The molecule has 2 rings (SSSR count). The van der Waals surface area contributed by atoms with E-state index in [2.05, 4.69) is 10.4 Å². The van der Waals surface area contributed by atoms with Gasteiger partial charge in [-0.3, -0.25) is 14.3 Å². The zero-order valence-electron chi connectivity index (χ0n) is 15.4. The summed E-state index contributed by atoms with van der Waals surface area (Å²) in [5.41, 5.74) is 1.53. The van der Waals surface area contributed by atoms with Crippen molar-refractivity contribution in [1.82, 2.24) is 14.1 Å². The van der Waals surface area contributed by atoms with Gasteiger partial charge in [-0.15, -0.1) is 0 Å². The van der Waals surface area contributed by atoms with Gasteiger partial charge in [0.15, 0.2) is 5.78 Å². The Morgan fingerprint density at radius 1 is 1.19 bits per heavy atom. The number of ketones is 1. The van der Waals surface area contributed by atoms with Crippen LogP contribution in [0.2, 0.25) is 0 Å². The SMILES string of the molecule is CC(=O)c1ccccc1NC(=O)Cn1nc(C)c(S(=O)(=O)N(C)C)c1C. The number of aromatic nitrogens is 2. The molecule has 0 spiro atoms. The maximum Gasteiger partial charge on any atom is 0.246 e. The number of Topliss-reactive ketones (excluding diaryl/α,β-unsaturated/α-hetero) is 1. The van der Waals surface area contributed by atoms with E-state index in [0.29, 0.717) is 22.6 Å². The van der Waals surface area contributed by atoms with Gasteiger partial charge in [0, 0.05) is 19.7 Å². The van der Waals surface area contributed by atoms with Crippen LogP contribution in [0.15, 0.2) is 29.2 Å². The molecular weight excluding hydrogens is 356 g/mol. The number of nitrogens with zero attached hydrogens (tertiary/aromatic N) is 3. The number of hydrogen-bond acceptors (Lipinski definition) is 5. The predicted molar refractivity (Wildman–Crippen MR) is 97.7 cm³/mol. The van der Waals surface area contributed by atoms with Crippen LogP contribution in [0.1, 0.15) is 28.7 Å². The van der Waals surface area contributed by atoms with Gasteiger partial charge in [0.05, 0.1) is 17.1 Å². The lowest BCUT2D eigenvalue weighted by molar-refractivity contribution is -0.116. The van der Waals surface area contributed by atoms with E-state index in [1.807, 2.05) is 0 Å². The standard InChI is InChI=1S/C17H22N4O4S/c1-11-17(26(24,25)20(4)5)12(2)21(19-11)10-16(23)18-15-9-7-6-8-14(15)13(3)22/h6-9H,10H2,1-5H3,(H,18,23). The summed E-state index contributed by atoms with van der Waals surface area (Å²) in [5.74, 6) is -0.565. The van der Waals surface area contributed by atoms with E-state index in [-0.39, 0.29) is 17.2 Å². The predicted octanol–water partition coefficient (Wildman–Crippen LogP) is 1.59. The van der Waals surface area contributed by atoms with Crippen molar-refractivity contribution >= 4 is 27.4 Å². The second kappa shape index (κ2) is 7.38. The van der Waals surface area contributed by atoms with Crippen LogP contribution >= 0.6 is 0 Å². The molecule has 1 aromatic heterocycles. The number of rotatable bonds is 6. The van der Waals surface area contributed by atoms with E-state index >= 15 is 0 Å².